The highest BCUT2D eigenvalue weighted by Gasteiger charge is 2.16. The van der Waals surface area contributed by atoms with E-state index in [-0.39, 0.29) is 24.9 Å². The Hall–Kier alpha value is -0.570. The summed E-state index contributed by atoms with van der Waals surface area (Å²) in [5.74, 6) is -0.0146. The fourth-order valence-corrected chi connectivity index (χ4v) is 1.76. The van der Waals surface area contributed by atoms with Crippen LogP contribution in [-0.2, 0) is 28.5 Å². The highest BCUT2D eigenvalue weighted by molar-refractivity contribution is 5.76. The lowest BCUT2D eigenvalue weighted by Crippen LogP contribution is -2.27. The lowest BCUT2D eigenvalue weighted by molar-refractivity contribution is -0.122. The van der Waals surface area contributed by atoms with E-state index in [0.29, 0.717) is 46.1 Å². The van der Waals surface area contributed by atoms with Crippen LogP contribution in [0.5, 0.6) is 0 Å². The van der Waals surface area contributed by atoms with E-state index in [9.17, 15) is 9.90 Å². The van der Waals surface area contributed by atoms with Crippen LogP contribution in [0.4, 0.5) is 0 Å². The minimum Gasteiger partial charge on any atom is -0.391 e. The Bertz CT molecular complexity index is 248. The topological polar surface area (TPSA) is 83.5 Å². The summed E-state index contributed by atoms with van der Waals surface area (Å²) in [5.41, 5.74) is 0. The third kappa shape index (κ3) is 14.4. The van der Waals surface area contributed by atoms with Gasteiger partial charge in [-0.15, -0.1) is 0 Å². The van der Waals surface area contributed by atoms with Crippen molar-refractivity contribution < 1.29 is 33.6 Å². The fraction of sp³-hybridized carbons (Fsp3) is 0.933. The van der Waals surface area contributed by atoms with Gasteiger partial charge in [0.15, 0.2) is 5.78 Å². The van der Waals surface area contributed by atoms with Gasteiger partial charge in [0.2, 0.25) is 0 Å². The zero-order valence-corrected chi connectivity index (χ0v) is 13.9. The normalized spacial score (nSPS) is 12.8. The monoisotopic (exact) mass is 322 g/mol. The van der Waals surface area contributed by atoms with E-state index in [0.717, 1.165) is 0 Å². The molecule has 0 aromatic heterocycles. The molecule has 1 atom stereocenters. The molecule has 0 radical (unpaired) electrons. The van der Waals surface area contributed by atoms with Gasteiger partial charge in [0, 0.05) is 20.1 Å². The van der Waals surface area contributed by atoms with Gasteiger partial charge in [-0.3, -0.25) is 4.79 Å². The Morgan fingerprint density at radius 3 is 1.91 bits per heavy atom. The van der Waals surface area contributed by atoms with Crippen molar-refractivity contribution in [2.24, 2.45) is 5.92 Å². The van der Waals surface area contributed by atoms with Crippen LogP contribution in [0.2, 0.25) is 0 Å². The van der Waals surface area contributed by atoms with Crippen molar-refractivity contribution in [3.63, 3.8) is 0 Å². The molecule has 0 saturated heterocycles. The Kier molecular flexibility index (Phi) is 14.9. The van der Waals surface area contributed by atoms with Gasteiger partial charge in [-0.25, -0.2) is 0 Å². The molecule has 7 nitrogen and oxygen atoms in total. The molecular formula is C15H30O7. The van der Waals surface area contributed by atoms with Gasteiger partial charge in [-0.2, -0.15) is 0 Å². The number of aliphatic hydroxyl groups is 1. The number of rotatable bonds is 16. The van der Waals surface area contributed by atoms with E-state index in [1.807, 2.05) is 0 Å². The third-order valence-electron chi connectivity index (χ3n) is 2.79. The van der Waals surface area contributed by atoms with Gasteiger partial charge in [-0.05, 0) is 13.3 Å². The third-order valence-corrected chi connectivity index (χ3v) is 2.79. The summed E-state index contributed by atoms with van der Waals surface area (Å²) in [5, 5.41) is 9.94. The molecule has 0 aromatic rings. The average molecular weight is 322 g/mol. The molecule has 1 N–H and O–H groups in total. The number of ketones is 1. The smallest absolute Gasteiger partial charge is 0.155 e. The van der Waals surface area contributed by atoms with Gasteiger partial charge in [0.25, 0.3) is 0 Å². The van der Waals surface area contributed by atoms with Crippen LogP contribution in [0.25, 0.3) is 0 Å². The van der Waals surface area contributed by atoms with E-state index in [1.165, 1.54) is 6.92 Å². The van der Waals surface area contributed by atoms with Crippen molar-refractivity contribution >= 4 is 5.78 Å². The van der Waals surface area contributed by atoms with Crippen LogP contribution in [0.3, 0.4) is 0 Å². The molecular weight excluding hydrogens is 292 g/mol. The molecule has 0 heterocycles. The molecule has 0 fully saturated rings. The number of methoxy groups -OCH3 is 2. The number of Topliss-reactive ketones (excluding diaryl/α,β-unsaturated/α-hetero) is 1. The first kappa shape index (κ1) is 21.4. The van der Waals surface area contributed by atoms with Crippen LogP contribution >= 0.6 is 0 Å². The second-order valence-electron chi connectivity index (χ2n) is 5.11. The number of hydrogen-bond donors (Lipinski definition) is 1. The lowest BCUT2D eigenvalue weighted by Gasteiger charge is -2.20. The molecule has 22 heavy (non-hydrogen) atoms. The van der Waals surface area contributed by atoms with E-state index in [4.69, 9.17) is 23.7 Å². The Morgan fingerprint density at radius 2 is 1.45 bits per heavy atom. The van der Waals surface area contributed by atoms with Crippen LogP contribution in [0, 0.1) is 5.92 Å². The highest BCUT2D eigenvalue weighted by Crippen LogP contribution is 2.09. The molecule has 0 saturated carbocycles. The Labute approximate surface area is 132 Å². The first-order valence-electron chi connectivity index (χ1n) is 7.48. The van der Waals surface area contributed by atoms with Gasteiger partial charge < -0.3 is 28.8 Å². The molecule has 0 aliphatic heterocycles. The van der Waals surface area contributed by atoms with Gasteiger partial charge in [0.05, 0.1) is 52.4 Å². The molecule has 0 aliphatic rings. The van der Waals surface area contributed by atoms with Gasteiger partial charge in [-0.1, -0.05) is 0 Å². The molecule has 7 heteroatoms. The first-order valence-corrected chi connectivity index (χ1v) is 7.48. The summed E-state index contributed by atoms with van der Waals surface area (Å²) in [7, 11) is 3.23. The minimum absolute atomic E-state index is 0.0242. The average Bonchev–Trinajstić information content (AvgIpc) is 2.47. The van der Waals surface area contributed by atoms with Crippen LogP contribution in [-0.4, -0.2) is 84.1 Å². The van der Waals surface area contributed by atoms with E-state index < -0.39 is 6.10 Å². The summed E-state index contributed by atoms with van der Waals surface area (Å²) in [6, 6.07) is 0. The number of aliphatic hydroxyl groups excluding tert-OH is 1. The summed E-state index contributed by atoms with van der Waals surface area (Å²) in [4.78, 5) is 10.8. The van der Waals surface area contributed by atoms with Crippen molar-refractivity contribution in [1.82, 2.24) is 0 Å². The summed E-state index contributed by atoms with van der Waals surface area (Å²) in [6.45, 7) is 4.61. The number of hydrogen-bond acceptors (Lipinski definition) is 7. The zero-order chi connectivity index (χ0) is 16.6. The van der Waals surface area contributed by atoms with Gasteiger partial charge in [0.1, 0.15) is 6.61 Å². The van der Waals surface area contributed by atoms with E-state index >= 15 is 0 Å². The summed E-state index contributed by atoms with van der Waals surface area (Å²) in [6.07, 6.45) is -0.167. The second-order valence-corrected chi connectivity index (χ2v) is 5.11. The SMILES string of the molecule is COCCOCC(COCCOC)CC(O)COCC(C)=O. The quantitative estimate of drug-likeness (QED) is 0.409. The van der Waals surface area contributed by atoms with Crippen LogP contribution in [0.1, 0.15) is 13.3 Å². The predicted molar refractivity (Wildman–Crippen MR) is 81.0 cm³/mol. The first-order chi connectivity index (χ1) is 10.6. The maximum Gasteiger partial charge on any atom is 0.155 e. The molecule has 132 valence electrons. The molecule has 0 amide bonds. The Morgan fingerprint density at radius 1 is 0.909 bits per heavy atom. The van der Waals surface area contributed by atoms with Crippen molar-refractivity contribution in [2.75, 3.05) is 67.1 Å². The molecule has 0 aromatic carbocycles. The molecule has 0 aliphatic carbocycles. The molecule has 0 bridgehead atoms. The van der Waals surface area contributed by atoms with E-state index in [2.05, 4.69) is 0 Å². The number of ether oxygens (including phenoxy) is 5. The van der Waals surface area contributed by atoms with Gasteiger partial charge >= 0.3 is 0 Å². The lowest BCUT2D eigenvalue weighted by atomic mass is 10.0. The second kappa shape index (κ2) is 15.3. The maximum atomic E-state index is 10.8. The molecule has 0 spiro atoms. The van der Waals surface area contributed by atoms with Crippen molar-refractivity contribution in [1.29, 1.82) is 0 Å². The van der Waals surface area contributed by atoms with E-state index in [1.54, 1.807) is 14.2 Å². The Balaban J connectivity index is 3.98. The molecule has 1 unspecified atom stereocenters. The van der Waals surface area contributed by atoms with Crippen molar-refractivity contribution in [3.05, 3.63) is 0 Å². The summed E-state index contributed by atoms with van der Waals surface area (Å²) < 4.78 is 26.0. The predicted octanol–water partition coefficient (Wildman–Crippen LogP) is 0.285. The maximum absolute atomic E-state index is 10.8. The van der Waals surface area contributed by atoms with Crippen LogP contribution < -0.4 is 0 Å². The standard InChI is InChI=1S/C15H30O7/c1-13(16)9-22-12-15(17)8-14(10-20-6-4-18-2)11-21-7-5-19-3/h14-15,17H,4-12H2,1-3H3. The van der Waals surface area contributed by atoms with Crippen molar-refractivity contribution in [3.8, 4) is 0 Å². The molecule has 0 rings (SSSR count). The zero-order valence-electron chi connectivity index (χ0n) is 13.9. The van der Waals surface area contributed by atoms with Crippen LogP contribution in [0.15, 0.2) is 0 Å². The number of carbonyl (C=O) groups excluding carboxylic acids is 1. The minimum atomic E-state index is -0.651. The summed E-state index contributed by atoms with van der Waals surface area (Å²) >= 11 is 0. The fourth-order valence-electron chi connectivity index (χ4n) is 1.76. The number of carbonyl (C=O) groups is 1. The highest BCUT2D eigenvalue weighted by atomic mass is 16.5. The largest absolute Gasteiger partial charge is 0.391 e. The van der Waals surface area contributed by atoms with Crippen molar-refractivity contribution in [2.45, 2.75) is 19.4 Å².